The minimum Gasteiger partial charge on any atom is -0.494 e. The van der Waals surface area contributed by atoms with E-state index in [2.05, 4.69) is 9.55 Å². The van der Waals surface area contributed by atoms with Gasteiger partial charge < -0.3 is 14.4 Å². The minimum absolute atomic E-state index is 0.0146. The molecule has 0 spiro atoms. The maximum absolute atomic E-state index is 10.9. The Labute approximate surface area is 140 Å². The van der Waals surface area contributed by atoms with Crippen molar-refractivity contribution < 1.29 is 14.6 Å². The smallest absolute Gasteiger partial charge is 0.307 e. The zero-order chi connectivity index (χ0) is 17.1. The highest BCUT2D eigenvalue weighted by Gasteiger charge is 2.10. The highest BCUT2D eigenvalue weighted by molar-refractivity contribution is 5.79. The van der Waals surface area contributed by atoms with Crippen molar-refractivity contribution in [2.45, 2.75) is 19.8 Å². The first kappa shape index (κ1) is 16.1. The molecule has 5 heteroatoms. The van der Waals surface area contributed by atoms with Gasteiger partial charge in [0.2, 0.25) is 0 Å². The zero-order valence-corrected chi connectivity index (χ0v) is 13.8. The summed E-state index contributed by atoms with van der Waals surface area (Å²) in [7, 11) is 1.98. The SMILES string of the molecule is CCOc1ccc(Cc2nc3cc(CC(=O)O)ccc3n2C)cc1. The van der Waals surface area contributed by atoms with Crippen LogP contribution in [0.4, 0.5) is 0 Å². The van der Waals surface area contributed by atoms with E-state index in [1.807, 2.05) is 56.4 Å². The summed E-state index contributed by atoms with van der Waals surface area (Å²) in [5, 5.41) is 8.92. The highest BCUT2D eigenvalue weighted by atomic mass is 16.5. The van der Waals surface area contributed by atoms with Gasteiger partial charge in [0.1, 0.15) is 11.6 Å². The topological polar surface area (TPSA) is 64.3 Å². The number of carboxylic acids is 1. The maximum Gasteiger partial charge on any atom is 0.307 e. The van der Waals surface area contributed by atoms with Gasteiger partial charge in [-0.3, -0.25) is 4.79 Å². The van der Waals surface area contributed by atoms with Crippen molar-refractivity contribution in [3.05, 3.63) is 59.4 Å². The number of fused-ring (bicyclic) bond motifs is 1. The Morgan fingerprint density at radius 3 is 2.54 bits per heavy atom. The van der Waals surface area contributed by atoms with Crippen molar-refractivity contribution in [1.29, 1.82) is 0 Å². The molecule has 0 amide bonds. The molecule has 0 fully saturated rings. The number of aryl methyl sites for hydroxylation is 1. The molecule has 0 atom stereocenters. The highest BCUT2D eigenvalue weighted by Crippen LogP contribution is 2.20. The average molecular weight is 324 g/mol. The quantitative estimate of drug-likeness (QED) is 0.756. The van der Waals surface area contributed by atoms with Gasteiger partial charge in [-0.05, 0) is 42.3 Å². The number of aliphatic carboxylic acids is 1. The van der Waals surface area contributed by atoms with Crippen LogP contribution in [0.15, 0.2) is 42.5 Å². The van der Waals surface area contributed by atoms with E-state index < -0.39 is 5.97 Å². The van der Waals surface area contributed by atoms with E-state index in [4.69, 9.17) is 9.84 Å². The molecule has 1 aromatic heterocycles. The summed E-state index contributed by atoms with van der Waals surface area (Å²) in [6.45, 7) is 2.62. The number of imidazole rings is 1. The van der Waals surface area contributed by atoms with Gasteiger partial charge in [0.15, 0.2) is 0 Å². The van der Waals surface area contributed by atoms with Gasteiger partial charge in [-0.2, -0.15) is 0 Å². The molecule has 5 nitrogen and oxygen atoms in total. The molecule has 0 bridgehead atoms. The zero-order valence-electron chi connectivity index (χ0n) is 13.8. The molecule has 0 aliphatic carbocycles. The number of benzene rings is 2. The first-order valence-corrected chi connectivity index (χ1v) is 7.94. The van der Waals surface area contributed by atoms with Gasteiger partial charge >= 0.3 is 5.97 Å². The second-order valence-electron chi connectivity index (χ2n) is 5.73. The van der Waals surface area contributed by atoms with E-state index >= 15 is 0 Å². The third kappa shape index (κ3) is 3.40. The fourth-order valence-corrected chi connectivity index (χ4v) is 2.79. The molecular weight excluding hydrogens is 304 g/mol. The Hall–Kier alpha value is -2.82. The van der Waals surface area contributed by atoms with Crippen LogP contribution in [-0.4, -0.2) is 27.2 Å². The molecule has 24 heavy (non-hydrogen) atoms. The lowest BCUT2D eigenvalue weighted by molar-refractivity contribution is -0.136. The first-order valence-electron chi connectivity index (χ1n) is 7.94. The lowest BCUT2D eigenvalue weighted by Gasteiger charge is -2.05. The largest absolute Gasteiger partial charge is 0.494 e. The molecule has 3 rings (SSSR count). The van der Waals surface area contributed by atoms with Gasteiger partial charge in [0.05, 0.1) is 24.1 Å². The van der Waals surface area contributed by atoms with Crippen LogP contribution in [0.5, 0.6) is 5.75 Å². The Kier molecular flexibility index (Phi) is 4.51. The van der Waals surface area contributed by atoms with Crippen LogP contribution in [0, 0.1) is 0 Å². The van der Waals surface area contributed by atoms with Crippen molar-refractivity contribution in [3.63, 3.8) is 0 Å². The lowest BCUT2D eigenvalue weighted by Crippen LogP contribution is -2.00. The van der Waals surface area contributed by atoms with E-state index in [9.17, 15) is 4.79 Å². The summed E-state index contributed by atoms with van der Waals surface area (Å²) in [6.07, 6.45) is 0.729. The molecule has 0 radical (unpaired) electrons. The molecule has 0 saturated carbocycles. The number of carbonyl (C=O) groups is 1. The maximum atomic E-state index is 10.9. The average Bonchev–Trinajstić information content (AvgIpc) is 2.84. The Balaban J connectivity index is 1.86. The summed E-state index contributed by atoms with van der Waals surface area (Å²) in [5.41, 5.74) is 3.76. The van der Waals surface area contributed by atoms with Gasteiger partial charge in [-0.25, -0.2) is 4.98 Å². The van der Waals surface area contributed by atoms with Crippen molar-refractivity contribution in [1.82, 2.24) is 9.55 Å². The van der Waals surface area contributed by atoms with E-state index in [0.717, 1.165) is 33.7 Å². The molecule has 1 N–H and O–H groups in total. The van der Waals surface area contributed by atoms with E-state index in [1.165, 1.54) is 0 Å². The number of hydrogen-bond donors (Lipinski definition) is 1. The summed E-state index contributed by atoms with van der Waals surface area (Å²) < 4.78 is 7.51. The molecule has 0 unspecified atom stereocenters. The van der Waals surface area contributed by atoms with Gasteiger partial charge in [0, 0.05) is 13.5 Å². The standard InChI is InChI=1S/C19H20N2O3/c1-3-24-15-7-4-13(5-8-15)11-18-20-16-10-14(12-19(22)23)6-9-17(16)21(18)2/h4-10H,3,11-12H2,1-2H3,(H,22,23). The number of aromatic nitrogens is 2. The summed E-state index contributed by atoms with van der Waals surface area (Å²) in [5.74, 6) is 0.978. The fraction of sp³-hybridized carbons (Fsp3) is 0.263. The molecule has 0 saturated heterocycles. The van der Waals surface area contributed by atoms with Crippen LogP contribution in [0.3, 0.4) is 0 Å². The third-order valence-electron chi connectivity index (χ3n) is 3.99. The van der Waals surface area contributed by atoms with Crippen LogP contribution in [0.25, 0.3) is 11.0 Å². The second kappa shape index (κ2) is 6.74. The van der Waals surface area contributed by atoms with Crippen molar-refractivity contribution in [2.75, 3.05) is 6.61 Å². The Morgan fingerprint density at radius 2 is 1.88 bits per heavy atom. The predicted molar refractivity (Wildman–Crippen MR) is 92.5 cm³/mol. The molecule has 3 aromatic rings. The fourth-order valence-electron chi connectivity index (χ4n) is 2.79. The second-order valence-corrected chi connectivity index (χ2v) is 5.73. The molecule has 1 heterocycles. The Bertz CT molecular complexity index is 866. The first-order chi connectivity index (χ1) is 11.6. The lowest BCUT2D eigenvalue weighted by atomic mass is 10.1. The van der Waals surface area contributed by atoms with Gasteiger partial charge in [-0.15, -0.1) is 0 Å². The van der Waals surface area contributed by atoms with Gasteiger partial charge in [0.25, 0.3) is 0 Å². The molecule has 0 aliphatic rings. The summed E-state index contributed by atoms with van der Waals surface area (Å²) in [6, 6.07) is 13.6. The van der Waals surface area contributed by atoms with Crippen LogP contribution < -0.4 is 4.74 Å². The van der Waals surface area contributed by atoms with Crippen LogP contribution in [0.2, 0.25) is 0 Å². The molecule has 2 aromatic carbocycles. The summed E-state index contributed by atoms with van der Waals surface area (Å²) >= 11 is 0. The number of hydrogen-bond acceptors (Lipinski definition) is 3. The van der Waals surface area contributed by atoms with Gasteiger partial charge in [-0.1, -0.05) is 18.2 Å². The predicted octanol–water partition coefficient (Wildman–Crippen LogP) is 3.19. The van der Waals surface area contributed by atoms with Crippen LogP contribution in [-0.2, 0) is 24.7 Å². The van der Waals surface area contributed by atoms with Crippen molar-refractivity contribution >= 4 is 17.0 Å². The Morgan fingerprint density at radius 1 is 1.17 bits per heavy atom. The number of rotatable bonds is 6. The third-order valence-corrected chi connectivity index (χ3v) is 3.99. The minimum atomic E-state index is -0.833. The normalized spacial score (nSPS) is 10.9. The van der Waals surface area contributed by atoms with E-state index in [1.54, 1.807) is 0 Å². The van der Waals surface area contributed by atoms with Crippen LogP contribution >= 0.6 is 0 Å². The van der Waals surface area contributed by atoms with Crippen molar-refractivity contribution in [3.8, 4) is 5.75 Å². The van der Waals surface area contributed by atoms with E-state index in [-0.39, 0.29) is 6.42 Å². The van der Waals surface area contributed by atoms with E-state index in [0.29, 0.717) is 13.0 Å². The summed E-state index contributed by atoms with van der Waals surface area (Å²) in [4.78, 5) is 15.5. The number of carboxylic acid groups (broad SMARTS) is 1. The number of nitrogens with zero attached hydrogens (tertiary/aromatic N) is 2. The number of ether oxygens (including phenoxy) is 1. The van der Waals surface area contributed by atoms with Crippen molar-refractivity contribution in [2.24, 2.45) is 7.05 Å². The molecular formula is C19H20N2O3. The monoisotopic (exact) mass is 324 g/mol. The molecule has 124 valence electrons. The molecule has 0 aliphatic heterocycles. The van der Waals surface area contributed by atoms with Crippen LogP contribution in [0.1, 0.15) is 23.9 Å².